The molecule has 1 atom stereocenters. The molecule has 0 amide bonds. The van der Waals surface area contributed by atoms with Crippen LogP contribution in [0.15, 0.2) is 0 Å². The second kappa shape index (κ2) is 9.33. The monoisotopic (exact) mass is 233 g/mol. The van der Waals surface area contributed by atoms with Crippen molar-refractivity contribution in [2.75, 3.05) is 19.8 Å². The van der Waals surface area contributed by atoms with E-state index in [0.29, 0.717) is 11.6 Å². The Balaban J connectivity index is 4.06. The van der Waals surface area contributed by atoms with Crippen molar-refractivity contribution in [3.8, 4) is 0 Å². The van der Waals surface area contributed by atoms with Gasteiger partial charge in [-0.15, -0.1) is 0 Å². The molecule has 0 saturated heterocycles. The molecule has 0 aromatic carbocycles. The molecule has 0 aromatic rings. The molecule has 0 bridgehead atoms. The van der Waals surface area contributed by atoms with Crippen LogP contribution in [-0.4, -0.2) is 40.9 Å². The van der Waals surface area contributed by atoms with Crippen molar-refractivity contribution in [1.29, 1.82) is 0 Å². The smallest absolute Gasteiger partial charge is 0.136 e. The van der Waals surface area contributed by atoms with Gasteiger partial charge in [-0.2, -0.15) is 0 Å². The van der Waals surface area contributed by atoms with Crippen LogP contribution in [0.4, 0.5) is 0 Å². The van der Waals surface area contributed by atoms with Gasteiger partial charge in [0.15, 0.2) is 0 Å². The van der Waals surface area contributed by atoms with Crippen LogP contribution in [0.2, 0.25) is 0 Å². The highest BCUT2D eigenvalue weighted by molar-refractivity contribution is 6.38. The summed E-state index contributed by atoms with van der Waals surface area (Å²) >= 11 is 0. The van der Waals surface area contributed by atoms with Gasteiger partial charge in [0.2, 0.25) is 0 Å². The summed E-state index contributed by atoms with van der Waals surface area (Å²) in [5.41, 5.74) is 0.609. The molecule has 0 radical (unpaired) electrons. The summed E-state index contributed by atoms with van der Waals surface area (Å²) in [6, 6.07) is 0. The number of hydrogen-bond acceptors (Lipinski definition) is 3. The van der Waals surface area contributed by atoms with E-state index in [1.165, 1.54) is 0 Å². The maximum absolute atomic E-state index is 5.61. The summed E-state index contributed by atoms with van der Waals surface area (Å²) in [5, 5.41) is 3.53. The second-order valence-electron chi connectivity index (χ2n) is 3.98. The summed E-state index contributed by atoms with van der Waals surface area (Å²) in [6.45, 7) is 13.2. The maximum atomic E-state index is 5.61. The number of hydrogen-bond donors (Lipinski definition) is 1. The van der Waals surface area contributed by atoms with Crippen LogP contribution in [0.5, 0.6) is 0 Å². The lowest BCUT2D eigenvalue weighted by Gasteiger charge is -2.26. The Morgan fingerprint density at radius 1 is 1.07 bits per heavy atom. The molecule has 1 unspecified atom stereocenters. The Morgan fingerprint density at radius 3 is 1.93 bits per heavy atom. The number of rotatable bonds is 9. The largest absolute Gasteiger partial charge is 0.357 e. The molecule has 0 fully saturated rings. The third kappa shape index (κ3) is 7.06. The fraction of sp³-hybridized carbons (Fsp3) is 1.00. The first-order chi connectivity index (χ1) is 7.15. The first-order valence-electron chi connectivity index (χ1n) is 6.12. The highest BCUT2D eigenvalue weighted by Gasteiger charge is 2.19. The second-order valence-corrected chi connectivity index (χ2v) is 6.00. The fourth-order valence-corrected chi connectivity index (χ4v) is 3.77. The third-order valence-electron chi connectivity index (χ3n) is 2.42. The minimum atomic E-state index is -0.397. The van der Waals surface area contributed by atoms with Crippen molar-refractivity contribution >= 4 is 9.52 Å². The van der Waals surface area contributed by atoms with E-state index < -0.39 is 9.52 Å². The molecule has 0 spiro atoms. The molecule has 0 heterocycles. The lowest BCUT2D eigenvalue weighted by molar-refractivity contribution is -0.0838. The lowest BCUT2D eigenvalue weighted by atomic mass is 10.2. The Morgan fingerprint density at radius 2 is 1.60 bits per heavy atom. The summed E-state index contributed by atoms with van der Waals surface area (Å²) in [6.07, 6.45) is 0. The van der Waals surface area contributed by atoms with Crippen LogP contribution in [-0.2, 0) is 9.47 Å². The van der Waals surface area contributed by atoms with E-state index in [4.69, 9.17) is 9.47 Å². The lowest BCUT2D eigenvalue weighted by Crippen LogP contribution is -2.45. The first-order valence-corrected chi connectivity index (χ1v) is 7.75. The highest BCUT2D eigenvalue weighted by Crippen LogP contribution is 2.04. The predicted octanol–water partition coefficient (Wildman–Crippen LogP) is 1.10. The van der Waals surface area contributed by atoms with Crippen LogP contribution in [0.1, 0.15) is 34.6 Å². The van der Waals surface area contributed by atoms with E-state index in [9.17, 15) is 0 Å². The Kier molecular flexibility index (Phi) is 9.39. The highest BCUT2D eigenvalue weighted by atomic mass is 28.2. The van der Waals surface area contributed by atoms with Gasteiger partial charge in [0.25, 0.3) is 0 Å². The molecule has 0 aliphatic carbocycles. The van der Waals surface area contributed by atoms with Crippen LogP contribution in [0, 0.1) is 5.92 Å². The summed E-state index contributed by atoms with van der Waals surface area (Å²) < 4.78 is 11.2. The summed E-state index contributed by atoms with van der Waals surface area (Å²) in [7, 11) is -0.397. The summed E-state index contributed by atoms with van der Waals surface area (Å²) in [5.74, 6) is 0.742. The molecule has 92 valence electrons. The Labute approximate surface area is 96.7 Å². The van der Waals surface area contributed by atoms with Crippen LogP contribution in [0.25, 0.3) is 0 Å². The van der Waals surface area contributed by atoms with E-state index in [-0.39, 0.29) is 5.91 Å². The molecule has 4 heteroatoms. The van der Waals surface area contributed by atoms with Crippen molar-refractivity contribution in [2.45, 2.75) is 46.2 Å². The SMILES string of the molecule is CCNC([SiH2]C(OCC)OCC)C(C)C. The maximum Gasteiger partial charge on any atom is 0.136 e. The van der Waals surface area contributed by atoms with Crippen molar-refractivity contribution in [2.24, 2.45) is 5.92 Å². The molecule has 0 aromatic heterocycles. The zero-order valence-corrected chi connectivity index (χ0v) is 12.3. The van der Waals surface area contributed by atoms with Crippen LogP contribution < -0.4 is 5.32 Å². The topological polar surface area (TPSA) is 30.5 Å². The molecule has 0 saturated carbocycles. The number of nitrogens with one attached hydrogen (secondary N) is 1. The molecule has 0 aliphatic rings. The minimum absolute atomic E-state index is 0.0754. The molecule has 0 aliphatic heterocycles. The zero-order chi connectivity index (χ0) is 11.7. The molecule has 15 heavy (non-hydrogen) atoms. The van der Waals surface area contributed by atoms with Gasteiger partial charge in [0.1, 0.15) is 15.4 Å². The summed E-state index contributed by atoms with van der Waals surface area (Å²) in [4.78, 5) is 0. The van der Waals surface area contributed by atoms with E-state index in [0.717, 1.165) is 19.8 Å². The van der Waals surface area contributed by atoms with Crippen LogP contribution in [0.3, 0.4) is 0 Å². The van der Waals surface area contributed by atoms with Crippen molar-refractivity contribution in [1.82, 2.24) is 5.32 Å². The van der Waals surface area contributed by atoms with E-state index in [1.54, 1.807) is 0 Å². The van der Waals surface area contributed by atoms with Gasteiger partial charge in [-0.25, -0.2) is 0 Å². The normalized spacial score (nSPS) is 14.6. The third-order valence-corrected chi connectivity index (χ3v) is 5.02. The molecular formula is C11H27NO2Si. The minimum Gasteiger partial charge on any atom is -0.357 e. The average molecular weight is 233 g/mol. The molecule has 0 rings (SSSR count). The van der Waals surface area contributed by atoms with E-state index >= 15 is 0 Å². The van der Waals surface area contributed by atoms with Gasteiger partial charge >= 0.3 is 0 Å². The zero-order valence-electron chi connectivity index (χ0n) is 10.9. The fourth-order valence-electron chi connectivity index (χ4n) is 1.62. The first kappa shape index (κ1) is 15.1. The Bertz CT molecular complexity index is 139. The van der Waals surface area contributed by atoms with Crippen molar-refractivity contribution in [3.63, 3.8) is 0 Å². The van der Waals surface area contributed by atoms with Gasteiger partial charge in [-0.1, -0.05) is 20.8 Å². The van der Waals surface area contributed by atoms with Gasteiger partial charge in [0.05, 0.1) is 0 Å². The van der Waals surface area contributed by atoms with E-state index in [2.05, 4.69) is 26.1 Å². The van der Waals surface area contributed by atoms with Gasteiger partial charge in [0, 0.05) is 18.9 Å². The van der Waals surface area contributed by atoms with Crippen molar-refractivity contribution in [3.05, 3.63) is 0 Å². The standard InChI is InChI=1S/C11H27NO2Si/c1-6-12-10(9(4)5)15-11(13-7-2)14-8-3/h9-12H,6-8,15H2,1-5H3. The van der Waals surface area contributed by atoms with Gasteiger partial charge in [-0.05, 0) is 26.3 Å². The van der Waals surface area contributed by atoms with Crippen molar-refractivity contribution < 1.29 is 9.47 Å². The molecule has 3 nitrogen and oxygen atoms in total. The van der Waals surface area contributed by atoms with E-state index in [1.807, 2.05) is 13.8 Å². The Hall–Kier alpha value is 0.0969. The van der Waals surface area contributed by atoms with Gasteiger partial charge < -0.3 is 14.8 Å². The van der Waals surface area contributed by atoms with Gasteiger partial charge in [-0.3, -0.25) is 0 Å². The average Bonchev–Trinajstić information content (AvgIpc) is 2.17. The molecular weight excluding hydrogens is 206 g/mol. The quantitative estimate of drug-likeness (QED) is 0.478. The number of ether oxygens (including phenoxy) is 2. The predicted molar refractivity (Wildman–Crippen MR) is 67.9 cm³/mol. The van der Waals surface area contributed by atoms with Crippen LogP contribution >= 0.6 is 0 Å². The molecule has 1 N–H and O–H groups in total.